The maximum atomic E-state index is 13.2. The Morgan fingerprint density at radius 1 is 0.973 bits per heavy atom. The molecule has 2 aromatic carbocycles. The van der Waals surface area contributed by atoms with E-state index in [0.717, 1.165) is 11.1 Å². The summed E-state index contributed by atoms with van der Waals surface area (Å²) in [5.74, 6) is 0.380. The maximum Gasteiger partial charge on any atom is 0.573 e. The van der Waals surface area contributed by atoms with E-state index in [1.165, 1.54) is 28.6 Å². The van der Waals surface area contributed by atoms with Gasteiger partial charge in [0.15, 0.2) is 5.65 Å². The number of halogens is 3. The summed E-state index contributed by atoms with van der Waals surface area (Å²) in [6.45, 7) is 2.49. The Kier molecular flexibility index (Phi) is 6.54. The average molecular weight is 532 g/mol. The van der Waals surface area contributed by atoms with Crippen molar-refractivity contribution in [1.82, 2.24) is 18.9 Å². The molecule has 0 bridgehead atoms. The van der Waals surface area contributed by atoms with Crippen LogP contribution in [0.5, 0.6) is 5.75 Å². The third-order valence-electron chi connectivity index (χ3n) is 6.18. The molecule has 37 heavy (non-hydrogen) atoms. The highest BCUT2D eigenvalue weighted by molar-refractivity contribution is 7.89. The summed E-state index contributed by atoms with van der Waals surface area (Å²) in [5, 5.41) is 7.52. The monoisotopic (exact) mass is 531 g/mol. The highest BCUT2D eigenvalue weighted by Gasteiger charge is 2.31. The van der Waals surface area contributed by atoms with Crippen molar-refractivity contribution in [3.05, 3.63) is 72.7 Å². The van der Waals surface area contributed by atoms with Crippen molar-refractivity contribution < 1.29 is 26.3 Å². The molecular formula is C25H24F3N5O3S. The largest absolute Gasteiger partial charge is 0.573 e. The molecule has 0 atom stereocenters. The number of nitrogens with one attached hydrogen (secondary N) is 1. The Labute approximate surface area is 211 Å². The van der Waals surface area contributed by atoms with Crippen molar-refractivity contribution in [2.75, 3.05) is 18.4 Å². The van der Waals surface area contributed by atoms with Gasteiger partial charge >= 0.3 is 6.36 Å². The first-order valence-electron chi connectivity index (χ1n) is 11.6. The third-order valence-corrected chi connectivity index (χ3v) is 8.09. The summed E-state index contributed by atoms with van der Waals surface area (Å²) in [6.07, 6.45) is -1.79. The van der Waals surface area contributed by atoms with Crippen molar-refractivity contribution in [3.8, 4) is 16.9 Å². The molecule has 2 aromatic heterocycles. The van der Waals surface area contributed by atoms with E-state index in [4.69, 9.17) is 0 Å². The number of hydrogen-bond donors (Lipinski definition) is 1. The topological polar surface area (TPSA) is 88.8 Å². The summed E-state index contributed by atoms with van der Waals surface area (Å²) in [4.78, 5) is 4.59. The smallest absolute Gasteiger partial charge is 0.406 e. The third kappa shape index (κ3) is 5.70. The minimum absolute atomic E-state index is 0.00100. The summed E-state index contributed by atoms with van der Waals surface area (Å²) in [6, 6.07) is 16.1. The molecule has 1 aliphatic rings. The summed E-state index contributed by atoms with van der Waals surface area (Å²) in [5.41, 5.74) is 3.14. The highest BCUT2D eigenvalue weighted by Crippen LogP contribution is 2.28. The standard InChI is InChI=1S/C25H24F3N5O3S/c1-17-29-24-16-19(10-15-33(24)31-17)18-2-8-23(9-3-18)37(34,35)32-13-11-21(12-14-32)30-20-4-6-22(7-5-20)36-25(26,27)28/h2-10,15-16,21,30H,11-14H2,1H3. The Morgan fingerprint density at radius 3 is 2.30 bits per heavy atom. The van der Waals surface area contributed by atoms with E-state index in [-0.39, 0.29) is 16.7 Å². The molecule has 0 spiro atoms. The van der Waals surface area contributed by atoms with Gasteiger partial charge in [-0.25, -0.2) is 17.9 Å². The second-order valence-corrected chi connectivity index (χ2v) is 10.7. The van der Waals surface area contributed by atoms with Gasteiger partial charge in [-0.15, -0.1) is 13.2 Å². The minimum atomic E-state index is -4.74. The zero-order valence-electron chi connectivity index (χ0n) is 19.8. The van der Waals surface area contributed by atoms with Crippen molar-refractivity contribution in [2.45, 2.75) is 37.1 Å². The number of fused-ring (bicyclic) bond motifs is 1. The van der Waals surface area contributed by atoms with Gasteiger partial charge in [-0.05, 0) is 79.4 Å². The molecule has 3 heterocycles. The van der Waals surface area contributed by atoms with Gasteiger partial charge < -0.3 is 10.1 Å². The first kappa shape index (κ1) is 25.0. The predicted molar refractivity (Wildman–Crippen MR) is 132 cm³/mol. The van der Waals surface area contributed by atoms with Gasteiger partial charge in [0.1, 0.15) is 11.6 Å². The van der Waals surface area contributed by atoms with E-state index >= 15 is 0 Å². The lowest BCUT2D eigenvalue weighted by Crippen LogP contribution is -2.42. The molecule has 5 rings (SSSR count). The van der Waals surface area contributed by atoms with Crippen molar-refractivity contribution in [2.24, 2.45) is 0 Å². The summed E-state index contributed by atoms with van der Waals surface area (Å²) >= 11 is 0. The van der Waals surface area contributed by atoms with E-state index in [9.17, 15) is 21.6 Å². The van der Waals surface area contributed by atoms with Crippen LogP contribution < -0.4 is 10.1 Å². The number of ether oxygens (including phenoxy) is 1. The molecular weight excluding hydrogens is 507 g/mol. The second-order valence-electron chi connectivity index (χ2n) is 8.80. The zero-order chi connectivity index (χ0) is 26.2. The van der Waals surface area contributed by atoms with Crippen molar-refractivity contribution in [3.63, 3.8) is 0 Å². The van der Waals surface area contributed by atoms with Crippen LogP contribution in [0.1, 0.15) is 18.7 Å². The first-order chi connectivity index (χ1) is 17.6. The molecule has 8 nitrogen and oxygen atoms in total. The van der Waals surface area contributed by atoms with Crippen LogP contribution in [0.15, 0.2) is 71.8 Å². The fourth-order valence-electron chi connectivity index (χ4n) is 4.37. The summed E-state index contributed by atoms with van der Waals surface area (Å²) < 4.78 is 70.4. The number of hydrogen-bond acceptors (Lipinski definition) is 6. The number of rotatable bonds is 6. The van der Waals surface area contributed by atoms with Crippen LogP contribution in [0.25, 0.3) is 16.8 Å². The molecule has 12 heteroatoms. The lowest BCUT2D eigenvalue weighted by Gasteiger charge is -2.32. The molecule has 0 radical (unpaired) electrons. The van der Waals surface area contributed by atoms with Crippen LogP contribution >= 0.6 is 0 Å². The molecule has 0 aliphatic carbocycles. The number of alkyl halides is 3. The lowest BCUT2D eigenvalue weighted by molar-refractivity contribution is -0.274. The van der Waals surface area contributed by atoms with Gasteiger partial charge in [0, 0.05) is 31.0 Å². The molecule has 1 N–H and O–H groups in total. The maximum absolute atomic E-state index is 13.2. The van der Waals surface area contributed by atoms with Crippen molar-refractivity contribution >= 4 is 21.4 Å². The van der Waals surface area contributed by atoms with Crippen LogP contribution in [0.3, 0.4) is 0 Å². The summed E-state index contributed by atoms with van der Waals surface area (Å²) in [7, 11) is -3.66. The van der Waals surface area contributed by atoms with E-state index in [1.54, 1.807) is 28.8 Å². The Balaban J connectivity index is 1.20. The molecule has 0 amide bonds. The number of pyridine rings is 1. The Morgan fingerprint density at radius 2 is 1.65 bits per heavy atom. The van der Waals surface area contributed by atoms with Crippen LogP contribution in [-0.2, 0) is 10.0 Å². The number of benzene rings is 2. The quantitative estimate of drug-likeness (QED) is 0.382. The van der Waals surface area contributed by atoms with Crippen LogP contribution in [-0.4, -0.2) is 52.8 Å². The SMILES string of the molecule is Cc1nc2cc(-c3ccc(S(=O)(=O)N4CCC(Nc5ccc(OC(F)(F)F)cc5)CC4)cc3)ccn2n1. The predicted octanol–water partition coefficient (Wildman–Crippen LogP) is 4.87. The molecule has 4 aromatic rings. The van der Waals surface area contributed by atoms with Gasteiger partial charge in [-0.2, -0.15) is 9.40 Å². The molecule has 0 unspecified atom stereocenters. The average Bonchev–Trinajstić information content (AvgIpc) is 3.24. The normalized spacial score (nSPS) is 15.7. The lowest BCUT2D eigenvalue weighted by atomic mass is 10.1. The molecule has 1 fully saturated rings. The zero-order valence-corrected chi connectivity index (χ0v) is 20.6. The van der Waals surface area contributed by atoms with Crippen LogP contribution in [0, 0.1) is 6.92 Å². The van der Waals surface area contributed by atoms with Crippen LogP contribution in [0.2, 0.25) is 0 Å². The fraction of sp³-hybridized carbons (Fsp3) is 0.280. The Hall–Kier alpha value is -3.64. The number of nitrogens with zero attached hydrogens (tertiary/aromatic N) is 4. The van der Waals surface area contributed by atoms with E-state index in [0.29, 0.717) is 43.1 Å². The number of sulfonamides is 1. The first-order valence-corrected chi connectivity index (χ1v) is 13.1. The molecule has 0 saturated carbocycles. The number of aryl methyl sites for hydroxylation is 1. The minimum Gasteiger partial charge on any atom is -0.406 e. The van der Waals surface area contributed by atoms with Gasteiger partial charge in [0.05, 0.1) is 4.90 Å². The van der Waals surface area contributed by atoms with Gasteiger partial charge in [0.25, 0.3) is 0 Å². The molecule has 1 aliphatic heterocycles. The van der Waals surface area contributed by atoms with Gasteiger partial charge in [-0.3, -0.25) is 0 Å². The number of piperidine rings is 1. The number of anilines is 1. The van der Waals surface area contributed by atoms with E-state index in [1.807, 2.05) is 25.3 Å². The van der Waals surface area contributed by atoms with Crippen LogP contribution in [0.4, 0.5) is 18.9 Å². The Bertz CT molecular complexity index is 1500. The number of aromatic nitrogens is 3. The fourth-order valence-corrected chi connectivity index (χ4v) is 5.84. The van der Waals surface area contributed by atoms with E-state index < -0.39 is 16.4 Å². The van der Waals surface area contributed by atoms with E-state index in [2.05, 4.69) is 20.1 Å². The second kappa shape index (κ2) is 9.67. The van der Waals surface area contributed by atoms with Gasteiger partial charge in [-0.1, -0.05) is 12.1 Å². The molecule has 194 valence electrons. The van der Waals surface area contributed by atoms with Gasteiger partial charge in [0.2, 0.25) is 10.0 Å². The molecule has 1 saturated heterocycles. The highest BCUT2D eigenvalue weighted by atomic mass is 32.2. The van der Waals surface area contributed by atoms with Crippen molar-refractivity contribution in [1.29, 1.82) is 0 Å².